The van der Waals surface area contributed by atoms with Crippen molar-refractivity contribution < 1.29 is 9.53 Å². The second kappa shape index (κ2) is 8.12. The fourth-order valence-corrected chi connectivity index (χ4v) is 4.60. The highest BCUT2D eigenvalue weighted by Gasteiger charge is 2.31. The Morgan fingerprint density at radius 1 is 1.28 bits per heavy atom. The molecule has 0 fully saturated rings. The van der Waals surface area contributed by atoms with Crippen LogP contribution < -0.4 is 32.3 Å². The topological polar surface area (TPSA) is 114 Å². The van der Waals surface area contributed by atoms with Gasteiger partial charge in [0.05, 0.1) is 24.8 Å². The highest BCUT2D eigenvalue weighted by atomic mass is 16.5. The lowest BCUT2D eigenvalue weighted by Gasteiger charge is -2.32. The molecule has 2 aliphatic heterocycles. The molecule has 2 atom stereocenters. The second-order valence-electron chi connectivity index (χ2n) is 8.24. The maximum Gasteiger partial charge on any atom is 0.274 e. The van der Waals surface area contributed by atoms with Crippen LogP contribution in [0.15, 0.2) is 52.3 Å². The monoisotopic (exact) mass is 431 g/mol. The number of nitrogens with one attached hydrogen (secondary N) is 2. The fourth-order valence-electron chi connectivity index (χ4n) is 4.60. The summed E-state index contributed by atoms with van der Waals surface area (Å²) in [6.45, 7) is 5.49. The summed E-state index contributed by atoms with van der Waals surface area (Å²) in [7, 11) is 0. The molecule has 164 valence electrons. The van der Waals surface area contributed by atoms with Gasteiger partial charge < -0.3 is 20.4 Å². The Morgan fingerprint density at radius 3 is 2.97 bits per heavy atom. The molecular formula is C24H25N5O3. The normalized spacial score (nSPS) is 17.4. The van der Waals surface area contributed by atoms with Gasteiger partial charge in [-0.15, -0.1) is 0 Å². The molecule has 2 unspecified atom stereocenters. The standard InChI is InChI=1S/C24H25N5O3/c1-14-23(31)28-24-27-20-7-6-17(12-16(20)13-29(14)24)32-11-9-19(22(25)30)21-18-5-3-2-4-15(18)8-10-26-21/h2-7,12,19,21,26H,1,8-11,13H2,(H2,25,30)(H,27,28,31). The summed E-state index contributed by atoms with van der Waals surface area (Å²) in [5, 5.41) is 3.84. The number of aromatic amines is 1. The molecule has 2 aromatic carbocycles. The highest BCUT2D eigenvalue weighted by molar-refractivity contribution is 5.78. The molecule has 0 aliphatic carbocycles. The van der Waals surface area contributed by atoms with Crippen LogP contribution in [0.4, 0.5) is 5.69 Å². The van der Waals surface area contributed by atoms with E-state index in [-0.39, 0.29) is 23.4 Å². The number of H-pyrrole nitrogens is 1. The van der Waals surface area contributed by atoms with Gasteiger partial charge in [-0.25, -0.2) is 4.99 Å². The number of nitrogens with two attached hydrogens (primary N) is 1. The molecule has 4 N–H and O–H groups in total. The van der Waals surface area contributed by atoms with Crippen molar-refractivity contribution in [2.24, 2.45) is 16.6 Å². The third-order valence-corrected chi connectivity index (χ3v) is 6.29. The van der Waals surface area contributed by atoms with Crippen molar-refractivity contribution in [3.63, 3.8) is 0 Å². The summed E-state index contributed by atoms with van der Waals surface area (Å²) >= 11 is 0. The number of rotatable bonds is 6. The fraction of sp³-hybridized carbons (Fsp3) is 0.292. The van der Waals surface area contributed by atoms with Crippen LogP contribution in [0.5, 0.6) is 5.75 Å². The number of hydrogen-bond acceptors (Lipinski definition) is 5. The van der Waals surface area contributed by atoms with E-state index in [1.54, 1.807) is 4.57 Å². The van der Waals surface area contributed by atoms with Crippen molar-refractivity contribution in [2.45, 2.75) is 25.4 Å². The molecule has 1 amide bonds. The summed E-state index contributed by atoms with van der Waals surface area (Å²) in [5.41, 5.74) is 10.2. The zero-order valence-corrected chi connectivity index (χ0v) is 17.6. The zero-order chi connectivity index (χ0) is 22.2. The first-order chi connectivity index (χ1) is 15.5. The Hall–Kier alpha value is -3.65. The molecule has 0 radical (unpaired) electrons. The van der Waals surface area contributed by atoms with Crippen LogP contribution in [0.2, 0.25) is 0 Å². The number of hydrogen-bond donors (Lipinski definition) is 3. The molecule has 0 bridgehead atoms. The molecule has 8 heteroatoms. The number of benzene rings is 2. The van der Waals surface area contributed by atoms with Crippen molar-refractivity contribution in [3.8, 4) is 5.75 Å². The Morgan fingerprint density at radius 2 is 2.12 bits per heavy atom. The van der Waals surface area contributed by atoms with Gasteiger partial charge in [0.15, 0.2) is 0 Å². The zero-order valence-electron chi connectivity index (χ0n) is 17.6. The number of imidazole rings is 1. The molecule has 0 saturated carbocycles. The second-order valence-corrected chi connectivity index (χ2v) is 8.24. The number of amides is 1. The van der Waals surface area contributed by atoms with E-state index in [0.717, 1.165) is 29.8 Å². The smallest absolute Gasteiger partial charge is 0.274 e. The van der Waals surface area contributed by atoms with E-state index in [1.807, 2.05) is 30.3 Å². The molecule has 2 aliphatic rings. The van der Waals surface area contributed by atoms with Crippen LogP contribution in [0.3, 0.4) is 0 Å². The third-order valence-electron chi connectivity index (χ3n) is 6.29. The molecule has 32 heavy (non-hydrogen) atoms. The molecule has 3 aromatic rings. The van der Waals surface area contributed by atoms with Gasteiger partial charge in [0.2, 0.25) is 11.5 Å². The Labute approximate surface area is 184 Å². The van der Waals surface area contributed by atoms with Gasteiger partial charge in [0.25, 0.3) is 5.56 Å². The van der Waals surface area contributed by atoms with E-state index >= 15 is 0 Å². The van der Waals surface area contributed by atoms with Crippen molar-refractivity contribution in [3.05, 3.63) is 80.5 Å². The van der Waals surface area contributed by atoms with Crippen molar-refractivity contribution in [1.29, 1.82) is 0 Å². The Kier molecular flexibility index (Phi) is 5.14. The number of nitrogens with zero attached hydrogens (tertiary/aromatic N) is 2. The van der Waals surface area contributed by atoms with Gasteiger partial charge in [-0.1, -0.05) is 30.8 Å². The van der Waals surface area contributed by atoms with E-state index in [2.05, 4.69) is 34.0 Å². The third kappa shape index (κ3) is 3.62. The van der Waals surface area contributed by atoms with E-state index in [9.17, 15) is 9.59 Å². The minimum atomic E-state index is -0.369. The van der Waals surface area contributed by atoms with Crippen molar-refractivity contribution in [2.75, 3.05) is 13.2 Å². The van der Waals surface area contributed by atoms with E-state index in [4.69, 9.17) is 10.5 Å². The van der Waals surface area contributed by atoms with E-state index in [1.165, 1.54) is 5.56 Å². The Balaban J connectivity index is 1.29. The van der Waals surface area contributed by atoms with Gasteiger partial charge in [-0.05, 0) is 48.7 Å². The molecular weight excluding hydrogens is 406 g/mol. The van der Waals surface area contributed by atoms with Gasteiger partial charge in [-0.2, -0.15) is 0 Å². The van der Waals surface area contributed by atoms with Crippen LogP contribution in [-0.2, 0) is 17.8 Å². The highest BCUT2D eigenvalue weighted by Crippen LogP contribution is 2.31. The molecule has 3 heterocycles. The summed E-state index contributed by atoms with van der Waals surface area (Å²) in [6, 6.07) is 13.7. The van der Waals surface area contributed by atoms with Crippen LogP contribution >= 0.6 is 0 Å². The average molecular weight is 431 g/mol. The lowest BCUT2D eigenvalue weighted by Crippen LogP contribution is -2.41. The van der Waals surface area contributed by atoms with E-state index in [0.29, 0.717) is 36.3 Å². The molecule has 0 spiro atoms. The maximum atomic E-state index is 12.3. The SMILES string of the molecule is C=c1c(=O)[nH]c2n1Cc1cc(OCCC(C(N)=O)C3NCCc4ccccc43)ccc1N=2. The molecule has 5 rings (SSSR count). The van der Waals surface area contributed by atoms with Crippen molar-refractivity contribution in [1.82, 2.24) is 14.9 Å². The number of ether oxygens (including phenoxy) is 1. The van der Waals surface area contributed by atoms with Gasteiger partial charge >= 0.3 is 0 Å². The Bertz CT molecular complexity index is 1360. The summed E-state index contributed by atoms with van der Waals surface area (Å²) in [6.07, 6.45) is 1.45. The lowest BCUT2D eigenvalue weighted by molar-refractivity contribution is -0.123. The maximum absolute atomic E-state index is 12.3. The van der Waals surface area contributed by atoms with Crippen LogP contribution in [0.25, 0.3) is 6.58 Å². The van der Waals surface area contributed by atoms with Crippen LogP contribution in [-0.4, -0.2) is 28.6 Å². The van der Waals surface area contributed by atoms with Crippen molar-refractivity contribution >= 4 is 18.2 Å². The molecule has 0 saturated heterocycles. The summed E-state index contributed by atoms with van der Waals surface area (Å²) in [4.78, 5) is 31.3. The number of carbonyl (C=O) groups is 1. The average Bonchev–Trinajstić information content (AvgIpc) is 3.07. The predicted molar refractivity (Wildman–Crippen MR) is 120 cm³/mol. The van der Waals surface area contributed by atoms with E-state index < -0.39 is 0 Å². The molecule has 8 nitrogen and oxygen atoms in total. The number of carbonyl (C=O) groups excluding carboxylic acids is 1. The number of primary amides is 1. The quantitative estimate of drug-likeness (QED) is 0.416. The number of aromatic nitrogens is 2. The lowest BCUT2D eigenvalue weighted by atomic mass is 9.84. The minimum Gasteiger partial charge on any atom is -0.494 e. The van der Waals surface area contributed by atoms with Crippen LogP contribution in [0, 0.1) is 5.92 Å². The first kappa shape index (κ1) is 20.3. The molecule has 1 aromatic heterocycles. The largest absolute Gasteiger partial charge is 0.494 e. The predicted octanol–water partition coefficient (Wildman–Crippen LogP) is 0.657. The summed E-state index contributed by atoms with van der Waals surface area (Å²) in [5.74, 6) is -0.0159. The van der Waals surface area contributed by atoms with Gasteiger partial charge in [0.1, 0.15) is 11.1 Å². The first-order valence-electron chi connectivity index (χ1n) is 10.7. The first-order valence-corrected chi connectivity index (χ1v) is 10.7. The van der Waals surface area contributed by atoms with Gasteiger partial charge in [-0.3, -0.25) is 14.6 Å². The van der Waals surface area contributed by atoms with Crippen LogP contribution in [0.1, 0.15) is 29.2 Å². The van der Waals surface area contributed by atoms with Gasteiger partial charge in [0, 0.05) is 11.6 Å². The number of fused-ring (bicyclic) bond motifs is 3. The summed E-state index contributed by atoms with van der Waals surface area (Å²) < 4.78 is 7.74. The minimum absolute atomic E-state index is 0.108.